The maximum Gasteiger partial charge on any atom is 0.115 e. The van der Waals surface area contributed by atoms with Gasteiger partial charge in [0.2, 0.25) is 0 Å². The van der Waals surface area contributed by atoms with Crippen LogP contribution in [0.4, 0.5) is 0 Å². The highest BCUT2D eigenvalue weighted by atomic mass is 14.8. The van der Waals surface area contributed by atoms with Crippen LogP contribution in [0.5, 0.6) is 0 Å². The number of nitrogens with one attached hydrogen (secondary N) is 1. The van der Waals surface area contributed by atoms with Crippen molar-refractivity contribution in [2.24, 2.45) is 4.99 Å². The SMILES string of the molecule is [NH]C1=NCCCCC1. The molecule has 0 unspecified atom stereocenters. The van der Waals surface area contributed by atoms with Crippen LogP contribution in [0.3, 0.4) is 0 Å². The van der Waals surface area contributed by atoms with E-state index in [1.165, 1.54) is 19.3 Å². The molecule has 1 aliphatic heterocycles. The lowest BCUT2D eigenvalue weighted by Gasteiger charge is -1.88. The molecule has 0 saturated heterocycles. The summed E-state index contributed by atoms with van der Waals surface area (Å²) in [7, 11) is 0. The lowest BCUT2D eigenvalue weighted by atomic mass is 10.2. The van der Waals surface area contributed by atoms with Gasteiger partial charge in [-0.1, -0.05) is 6.42 Å². The van der Waals surface area contributed by atoms with E-state index in [1.807, 2.05) is 0 Å². The van der Waals surface area contributed by atoms with Crippen LogP contribution in [-0.4, -0.2) is 12.4 Å². The molecule has 0 fully saturated rings. The predicted molar refractivity (Wildman–Crippen MR) is 33.9 cm³/mol. The Labute approximate surface area is 49.8 Å². The van der Waals surface area contributed by atoms with E-state index in [1.54, 1.807) is 0 Å². The van der Waals surface area contributed by atoms with Crippen LogP contribution >= 0.6 is 0 Å². The summed E-state index contributed by atoms with van der Waals surface area (Å²) < 4.78 is 0. The van der Waals surface area contributed by atoms with Crippen LogP contribution < -0.4 is 5.73 Å². The van der Waals surface area contributed by atoms with Crippen LogP contribution in [0.2, 0.25) is 0 Å². The van der Waals surface area contributed by atoms with Gasteiger partial charge in [0.25, 0.3) is 0 Å². The molecule has 0 aromatic rings. The van der Waals surface area contributed by atoms with E-state index in [-0.39, 0.29) is 0 Å². The van der Waals surface area contributed by atoms with Gasteiger partial charge in [-0.05, 0) is 12.8 Å². The molecule has 1 radical (unpaired) electrons. The summed E-state index contributed by atoms with van der Waals surface area (Å²) in [6, 6.07) is 0. The summed E-state index contributed by atoms with van der Waals surface area (Å²) in [5, 5.41) is 0. The molecule has 0 atom stereocenters. The molecule has 8 heavy (non-hydrogen) atoms. The van der Waals surface area contributed by atoms with E-state index < -0.39 is 0 Å². The molecule has 0 bridgehead atoms. The fourth-order valence-electron chi connectivity index (χ4n) is 0.874. The minimum absolute atomic E-state index is 0.600. The summed E-state index contributed by atoms with van der Waals surface area (Å²) in [6.07, 6.45) is 4.51. The molecule has 0 spiro atoms. The lowest BCUT2D eigenvalue weighted by Crippen LogP contribution is -1.95. The molecule has 0 aromatic carbocycles. The zero-order chi connectivity index (χ0) is 5.82. The largest absolute Gasteiger partial charge is 0.287 e. The van der Waals surface area contributed by atoms with Gasteiger partial charge in [-0.25, -0.2) is 0 Å². The van der Waals surface area contributed by atoms with Gasteiger partial charge >= 0.3 is 0 Å². The third-order valence-corrected chi connectivity index (χ3v) is 1.37. The van der Waals surface area contributed by atoms with E-state index in [4.69, 9.17) is 5.73 Å². The van der Waals surface area contributed by atoms with Crippen molar-refractivity contribution in [3.05, 3.63) is 0 Å². The van der Waals surface area contributed by atoms with Crippen molar-refractivity contribution in [1.29, 1.82) is 0 Å². The fourth-order valence-corrected chi connectivity index (χ4v) is 0.874. The standard InChI is InChI=1S/C6H11N2/c7-6-4-2-1-3-5-8-6/h7H,1-5H2. The Bertz CT molecular complexity index is 96.7. The van der Waals surface area contributed by atoms with Gasteiger partial charge in [-0.3, -0.25) is 10.7 Å². The number of amidine groups is 1. The van der Waals surface area contributed by atoms with Crippen molar-refractivity contribution in [2.45, 2.75) is 25.7 Å². The molecule has 1 N–H and O–H groups in total. The van der Waals surface area contributed by atoms with Crippen molar-refractivity contribution in [3.63, 3.8) is 0 Å². The molecule has 1 heterocycles. The number of nitrogens with zero attached hydrogens (tertiary/aromatic N) is 1. The Morgan fingerprint density at radius 1 is 1.25 bits per heavy atom. The Morgan fingerprint density at radius 2 is 2.12 bits per heavy atom. The Kier molecular flexibility index (Phi) is 1.89. The van der Waals surface area contributed by atoms with Crippen LogP contribution in [0, 0.1) is 0 Å². The first-order chi connectivity index (χ1) is 3.89. The van der Waals surface area contributed by atoms with E-state index in [9.17, 15) is 0 Å². The molecule has 45 valence electrons. The molecule has 0 amide bonds. The highest BCUT2D eigenvalue weighted by Gasteiger charge is 1.98. The van der Waals surface area contributed by atoms with E-state index in [0.29, 0.717) is 5.84 Å². The van der Waals surface area contributed by atoms with Crippen LogP contribution in [0.15, 0.2) is 4.99 Å². The Morgan fingerprint density at radius 3 is 3.00 bits per heavy atom. The first-order valence-electron chi connectivity index (χ1n) is 3.14. The maximum atomic E-state index is 7.16. The topological polar surface area (TPSA) is 36.2 Å². The average molecular weight is 111 g/mol. The van der Waals surface area contributed by atoms with Gasteiger partial charge in [0.15, 0.2) is 0 Å². The minimum Gasteiger partial charge on any atom is -0.287 e. The van der Waals surface area contributed by atoms with Gasteiger partial charge in [-0.2, -0.15) is 0 Å². The third kappa shape index (κ3) is 1.52. The first kappa shape index (κ1) is 5.60. The van der Waals surface area contributed by atoms with Crippen LogP contribution in [0.25, 0.3) is 0 Å². The van der Waals surface area contributed by atoms with Crippen molar-refractivity contribution < 1.29 is 0 Å². The van der Waals surface area contributed by atoms with Crippen molar-refractivity contribution in [2.75, 3.05) is 6.54 Å². The van der Waals surface area contributed by atoms with Crippen molar-refractivity contribution >= 4 is 5.84 Å². The Hall–Kier alpha value is -0.530. The molecule has 0 aliphatic carbocycles. The maximum absolute atomic E-state index is 7.16. The summed E-state index contributed by atoms with van der Waals surface area (Å²) in [4.78, 5) is 4.01. The second-order valence-electron chi connectivity index (χ2n) is 2.14. The number of hydrogen-bond acceptors (Lipinski definition) is 1. The first-order valence-corrected chi connectivity index (χ1v) is 3.14. The quantitative estimate of drug-likeness (QED) is 0.451. The van der Waals surface area contributed by atoms with Gasteiger partial charge in [0, 0.05) is 13.0 Å². The second kappa shape index (κ2) is 2.70. The zero-order valence-electron chi connectivity index (χ0n) is 4.98. The molecule has 1 rings (SSSR count). The smallest absolute Gasteiger partial charge is 0.115 e. The average Bonchev–Trinajstić information content (AvgIpc) is 1.94. The highest BCUT2D eigenvalue weighted by molar-refractivity contribution is 5.79. The zero-order valence-corrected chi connectivity index (χ0v) is 4.98. The van der Waals surface area contributed by atoms with Crippen LogP contribution in [0.1, 0.15) is 25.7 Å². The van der Waals surface area contributed by atoms with E-state index >= 15 is 0 Å². The van der Waals surface area contributed by atoms with Gasteiger partial charge < -0.3 is 0 Å². The van der Waals surface area contributed by atoms with Gasteiger partial charge in [0.1, 0.15) is 5.84 Å². The van der Waals surface area contributed by atoms with Gasteiger partial charge in [-0.15, -0.1) is 0 Å². The number of hydrogen-bond donors (Lipinski definition) is 0. The number of rotatable bonds is 0. The minimum atomic E-state index is 0.600. The fraction of sp³-hybridized carbons (Fsp3) is 0.833. The molecular formula is C6H11N2. The summed E-state index contributed by atoms with van der Waals surface area (Å²) in [5.74, 6) is 0.600. The van der Waals surface area contributed by atoms with Crippen molar-refractivity contribution in [3.8, 4) is 0 Å². The Balaban J connectivity index is 2.36. The molecule has 2 nitrogen and oxygen atoms in total. The van der Waals surface area contributed by atoms with Crippen LogP contribution in [-0.2, 0) is 0 Å². The normalized spacial score (nSPS) is 21.8. The molecule has 0 saturated carbocycles. The van der Waals surface area contributed by atoms with E-state index in [0.717, 1.165) is 13.0 Å². The number of aliphatic imine (C=N–C) groups is 1. The molecule has 1 aliphatic rings. The van der Waals surface area contributed by atoms with E-state index in [2.05, 4.69) is 4.99 Å². The summed E-state index contributed by atoms with van der Waals surface area (Å²) >= 11 is 0. The summed E-state index contributed by atoms with van der Waals surface area (Å²) in [5.41, 5.74) is 7.16. The summed E-state index contributed by atoms with van der Waals surface area (Å²) in [6.45, 7) is 0.888. The lowest BCUT2D eigenvalue weighted by molar-refractivity contribution is 0.730. The molecule has 2 heteroatoms. The predicted octanol–water partition coefficient (Wildman–Crippen LogP) is 1.24. The van der Waals surface area contributed by atoms with Crippen molar-refractivity contribution in [1.82, 2.24) is 5.73 Å². The monoisotopic (exact) mass is 111 g/mol. The molecule has 0 aromatic heterocycles. The third-order valence-electron chi connectivity index (χ3n) is 1.37. The molecular weight excluding hydrogens is 100 g/mol. The highest BCUT2D eigenvalue weighted by Crippen LogP contribution is 2.04. The van der Waals surface area contributed by atoms with Gasteiger partial charge in [0.05, 0.1) is 0 Å². The second-order valence-corrected chi connectivity index (χ2v) is 2.14.